The van der Waals surface area contributed by atoms with Gasteiger partial charge in [0.1, 0.15) is 5.69 Å². The molecule has 0 amide bonds. The molecule has 17 heavy (non-hydrogen) atoms. The van der Waals surface area contributed by atoms with Crippen molar-refractivity contribution in [2.75, 3.05) is 18.5 Å². The summed E-state index contributed by atoms with van der Waals surface area (Å²) >= 11 is 0. The summed E-state index contributed by atoms with van der Waals surface area (Å²) in [5.41, 5.74) is -0.180. The number of aliphatic hydroxyl groups excluding tert-OH is 1. The van der Waals surface area contributed by atoms with E-state index in [-0.39, 0.29) is 23.5 Å². The summed E-state index contributed by atoms with van der Waals surface area (Å²) in [6.07, 6.45) is 0.456. The Balaban J connectivity index is 2.96. The van der Waals surface area contributed by atoms with Crippen LogP contribution in [-0.4, -0.2) is 34.3 Å². The van der Waals surface area contributed by atoms with E-state index in [0.29, 0.717) is 13.0 Å². The number of anilines is 1. The van der Waals surface area contributed by atoms with Crippen LogP contribution in [0.15, 0.2) is 18.2 Å². The molecule has 1 rings (SSSR count). The molecule has 1 aromatic rings. The van der Waals surface area contributed by atoms with Crippen molar-refractivity contribution >= 4 is 17.3 Å². The van der Waals surface area contributed by atoms with Crippen LogP contribution in [0.3, 0.4) is 0 Å². The summed E-state index contributed by atoms with van der Waals surface area (Å²) in [5, 5.41) is 30.8. The minimum absolute atomic E-state index is 0.0198. The van der Waals surface area contributed by atoms with E-state index in [0.717, 1.165) is 6.07 Å². The molecule has 7 nitrogen and oxygen atoms in total. The molecule has 0 saturated heterocycles. The van der Waals surface area contributed by atoms with Crippen molar-refractivity contribution in [2.24, 2.45) is 0 Å². The van der Waals surface area contributed by atoms with Crippen LogP contribution >= 0.6 is 0 Å². The largest absolute Gasteiger partial charge is 0.478 e. The summed E-state index contributed by atoms with van der Waals surface area (Å²) in [6.45, 7) is 0.359. The van der Waals surface area contributed by atoms with E-state index in [4.69, 9.17) is 10.2 Å². The van der Waals surface area contributed by atoms with Crippen molar-refractivity contribution in [3.8, 4) is 0 Å². The van der Waals surface area contributed by atoms with Gasteiger partial charge in [-0.25, -0.2) is 4.79 Å². The quantitative estimate of drug-likeness (QED) is 0.389. The van der Waals surface area contributed by atoms with E-state index in [2.05, 4.69) is 5.32 Å². The second kappa shape index (κ2) is 5.80. The summed E-state index contributed by atoms with van der Waals surface area (Å²) in [7, 11) is 0. The molecule has 0 saturated carbocycles. The Morgan fingerprint density at radius 2 is 2.18 bits per heavy atom. The molecule has 0 fully saturated rings. The van der Waals surface area contributed by atoms with Crippen LogP contribution in [0.5, 0.6) is 0 Å². The van der Waals surface area contributed by atoms with Gasteiger partial charge in [0.25, 0.3) is 5.69 Å². The van der Waals surface area contributed by atoms with Crippen LogP contribution < -0.4 is 5.32 Å². The molecule has 1 aromatic carbocycles. The number of hydrogen-bond donors (Lipinski definition) is 3. The maximum atomic E-state index is 10.8. The molecule has 92 valence electrons. The molecular weight excluding hydrogens is 228 g/mol. The monoisotopic (exact) mass is 240 g/mol. The Kier molecular flexibility index (Phi) is 4.41. The van der Waals surface area contributed by atoms with Gasteiger partial charge in [-0.1, -0.05) is 0 Å². The second-order valence-corrected chi connectivity index (χ2v) is 3.30. The lowest BCUT2D eigenvalue weighted by Crippen LogP contribution is -2.07. The number of nitro groups is 1. The fourth-order valence-electron chi connectivity index (χ4n) is 1.27. The number of nitrogens with one attached hydrogen (secondary N) is 1. The lowest BCUT2D eigenvalue weighted by molar-refractivity contribution is -0.384. The normalized spacial score (nSPS) is 9.94. The molecule has 0 aliphatic heterocycles. The number of aliphatic hydroxyl groups is 1. The average Bonchev–Trinajstić information content (AvgIpc) is 2.29. The highest BCUT2D eigenvalue weighted by molar-refractivity contribution is 5.89. The fourth-order valence-corrected chi connectivity index (χ4v) is 1.27. The third-order valence-electron chi connectivity index (χ3n) is 2.09. The number of carbonyl (C=O) groups is 1. The van der Waals surface area contributed by atoms with Crippen LogP contribution in [0.4, 0.5) is 11.4 Å². The summed E-state index contributed by atoms with van der Waals surface area (Å²) < 4.78 is 0. The van der Waals surface area contributed by atoms with Gasteiger partial charge < -0.3 is 15.5 Å². The second-order valence-electron chi connectivity index (χ2n) is 3.30. The molecule has 3 N–H and O–H groups in total. The van der Waals surface area contributed by atoms with Gasteiger partial charge >= 0.3 is 5.97 Å². The standard InChI is InChI=1S/C10H12N2O5/c13-5-1-4-11-8-3-2-7(10(14)15)6-9(8)12(16)17/h2-3,6,11,13H,1,4-5H2,(H,14,15). The Bertz CT molecular complexity index is 433. The molecule has 0 aromatic heterocycles. The van der Waals surface area contributed by atoms with Crippen LogP contribution in [0.25, 0.3) is 0 Å². The van der Waals surface area contributed by atoms with E-state index >= 15 is 0 Å². The first-order valence-corrected chi connectivity index (χ1v) is 4.92. The van der Waals surface area contributed by atoms with Gasteiger partial charge in [-0.2, -0.15) is 0 Å². The molecule has 0 unspecified atom stereocenters. The first-order valence-electron chi connectivity index (χ1n) is 4.92. The topological polar surface area (TPSA) is 113 Å². The number of carboxylic acids is 1. The van der Waals surface area contributed by atoms with Gasteiger partial charge in [0, 0.05) is 19.2 Å². The van der Waals surface area contributed by atoms with E-state index in [9.17, 15) is 14.9 Å². The van der Waals surface area contributed by atoms with Crippen molar-refractivity contribution < 1.29 is 19.9 Å². The highest BCUT2D eigenvalue weighted by Gasteiger charge is 2.16. The minimum Gasteiger partial charge on any atom is -0.478 e. The Morgan fingerprint density at radius 1 is 1.47 bits per heavy atom. The van der Waals surface area contributed by atoms with E-state index in [1.54, 1.807) is 0 Å². The summed E-state index contributed by atoms with van der Waals surface area (Å²) in [4.78, 5) is 20.8. The molecule has 0 atom stereocenters. The average molecular weight is 240 g/mol. The number of carboxylic acid groups (broad SMARTS) is 1. The first kappa shape index (κ1) is 12.9. The first-order chi connectivity index (χ1) is 8.06. The fraction of sp³-hybridized carbons (Fsp3) is 0.300. The van der Waals surface area contributed by atoms with Crippen LogP contribution in [0, 0.1) is 10.1 Å². The van der Waals surface area contributed by atoms with Crippen molar-refractivity contribution in [3.05, 3.63) is 33.9 Å². The van der Waals surface area contributed by atoms with Gasteiger partial charge in [-0.3, -0.25) is 10.1 Å². The molecule has 0 heterocycles. The predicted molar refractivity (Wildman–Crippen MR) is 60.2 cm³/mol. The predicted octanol–water partition coefficient (Wildman–Crippen LogP) is 1.09. The maximum Gasteiger partial charge on any atom is 0.335 e. The number of rotatable bonds is 6. The van der Waals surface area contributed by atoms with Gasteiger partial charge in [0.05, 0.1) is 10.5 Å². The summed E-state index contributed by atoms with van der Waals surface area (Å²) in [5.74, 6) is -1.21. The van der Waals surface area contributed by atoms with Crippen LogP contribution in [0.2, 0.25) is 0 Å². The number of aromatic carboxylic acids is 1. The zero-order valence-electron chi connectivity index (χ0n) is 8.92. The highest BCUT2D eigenvalue weighted by atomic mass is 16.6. The van der Waals surface area contributed by atoms with Crippen LogP contribution in [0.1, 0.15) is 16.8 Å². The Morgan fingerprint density at radius 3 is 2.71 bits per heavy atom. The van der Waals surface area contributed by atoms with Crippen molar-refractivity contribution in [3.63, 3.8) is 0 Å². The zero-order chi connectivity index (χ0) is 12.8. The SMILES string of the molecule is O=C(O)c1ccc(NCCCO)c([N+](=O)[O-])c1. The van der Waals surface area contributed by atoms with Gasteiger partial charge in [0.2, 0.25) is 0 Å². The number of hydrogen-bond acceptors (Lipinski definition) is 5. The van der Waals surface area contributed by atoms with Crippen LogP contribution in [-0.2, 0) is 0 Å². The molecular formula is C10H12N2O5. The lowest BCUT2D eigenvalue weighted by atomic mass is 10.1. The van der Waals surface area contributed by atoms with Crippen molar-refractivity contribution in [2.45, 2.75) is 6.42 Å². The van der Waals surface area contributed by atoms with E-state index in [1.807, 2.05) is 0 Å². The maximum absolute atomic E-state index is 10.8. The number of nitro benzene ring substituents is 1. The van der Waals surface area contributed by atoms with Crippen molar-refractivity contribution in [1.29, 1.82) is 0 Å². The number of benzene rings is 1. The Hall–Kier alpha value is -2.15. The lowest BCUT2D eigenvalue weighted by Gasteiger charge is -2.06. The smallest absolute Gasteiger partial charge is 0.335 e. The molecule has 7 heteroatoms. The van der Waals surface area contributed by atoms with Crippen molar-refractivity contribution in [1.82, 2.24) is 0 Å². The Labute approximate surface area is 96.8 Å². The van der Waals surface area contributed by atoms with Gasteiger partial charge in [-0.05, 0) is 18.6 Å². The third-order valence-corrected chi connectivity index (χ3v) is 2.09. The highest BCUT2D eigenvalue weighted by Crippen LogP contribution is 2.25. The van der Waals surface area contributed by atoms with Gasteiger partial charge in [0.15, 0.2) is 0 Å². The molecule has 0 aliphatic carbocycles. The third kappa shape index (κ3) is 3.42. The minimum atomic E-state index is -1.21. The van der Waals surface area contributed by atoms with E-state index < -0.39 is 10.9 Å². The molecule has 0 aliphatic rings. The molecule has 0 radical (unpaired) electrons. The number of nitrogens with zero attached hydrogens (tertiary/aromatic N) is 1. The zero-order valence-corrected chi connectivity index (χ0v) is 8.92. The molecule has 0 bridgehead atoms. The van der Waals surface area contributed by atoms with E-state index in [1.165, 1.54) is 12.1 Å². The van der Waals surface area contributed by atoms with Gasteiger partial charge in [-0.15, -0.1) is 0 Å². The molecule has 0 spiro atoms. The summed E-state index contributed by atoms with van der Waals surface area (Å²) in [6, 6.07) is 3.64.